The Morgan fingerprint density at radius 3 is 1.38 bits per heavy atom. The molecule has 0 atom stereocenters. The second-order valence-electron chi connectivity index (χ2n) is 10.6. The lowest BCUT2D eigenvalue weighted by atomic mass is 9.72. The first kappa shape index (κ1) is 24.8. The van der Waals surface area contributed by atoms with Crippen LogP contribution < -0.4 is 0 Å². The zero-order valence-corrected chi connectivity index (χ0v) is 21.5. The topological polar surface area (TPSA) is 80.9 Å². The molecule has 0 heterocycles. The molecule has 4 aromatic rings. The van der Waals surface area contributed by atoms with Gasteiger partial charge in [-0.25, -0.2) is 0 Å². The maximum Gasteiger partial charge on any atom is 0.119 e. The Morgan fingerprint density at radius 2 is 0.973 bits per heavy atom. The standard InChI is InChI=1S/C33H34O4/c1-21-15-29(34)9-5-23(21)17-25-19-27(7-11-31(25)36)33(13-3-4-14-33)28-8-12-32(37)26(20-28)18-24-6-10-30(35)16-22(24)2/h5-12,15-16,19-20,34-37H,3-4,13-14,17-18H2,1-2H3. The molecule has 4 nitrogen and oxygen atoms in total. The smallest absolute Gasteiger partial charge is 0.119 e. The van der Waals surface area contributed by atoms with Crippen LogP contribution in [0.4, 0.5) is 0 Å². The summed E-state index contributed by atoms with van der Waals surface area (Å²) >= 11 is 0. The fourth-order valence-corrected chi connectivity index (χ4v) is 5.94. The maximum atomic E-state index is 10.7. The van der Waals surface area contributed by atoms with Gasteiger partial charge in [0.05, 0.1) is 0 Å². The van der Waals surface area contributed by atoms with Gasteiger partial charge in [0.25, 0.3) is 0 Å². The molecule has 0 bridgehead atoms. The summed E-state index contributed by atoms with van der Waals surface area (Å²) in [6, 6.07) is 22.7. The van der Waals surface area contributed by atoms with Gasteiger partial charge in [-0.2, -0.15) is 0 Å². The molecule has 0 saturated heterocycles. The van der Waals surface area contributed by atoms with E-state index in [1.165, 1.54) is 11.1 Å². The van der Waals surface area contributed by atoms with Crippen LogP contribution in [0.25, 0.3) is 0 Å². The number of hydrogen-bond acceptors (Lipinski definition) is 4. The van der Waals surface area contributed by atoms with Gasteiger partial charge in [-0.1, -0.05) is 49.2 Å². The van der Waals surface area contributed by atoms with E-state index < -0.39 is 0 Å². The van der Waals surface area contributed by atoms with Gasteiger partial charge >= 0.3 is 0 Å². The second kappa shape index (κ2) is 9.85. The predicted octanol–water partition coefficient (Wildman–Crippen LogP) is 7.17. The normalized spacial score (nSPS) is 14.6. The van der Waals surface area contributed by atoms with Crippen LogP contribution in [0, 0.1) is 13.8 Å². The molecule has 4 heteroatoms. The zero-order valence-electron chi connectivity index (χ0n) is 21.5. The third-order valence-corrected chi connectivity index (χ3v) is 8.14. The molecule has 0 amide bonds. The van der Waals surface area contributed by atoms with Crippen LogP contribution in [0.2, 0.25) is 0 Å². The van der Waals surface area contributed by atoms with E-state index in [9.17, 15) is 20.4 Å². The van der Waals surface area contributed by atoms with Crippen molar-refractivity contribution < 1.29 is 20.4 Å². The molecular formula is C33H34O4. The van der Waals surface area contributed by atoms with Crippen LogP contribution >= 0.6 is 0 Å². The average Bonchev–Trinajstić information content (AvgIpc) is 3.36. The minimum absolute atomic E-state index is 0.182. The Bertz CT molecular complexity index is 1340. The van der Waals surface area contributed by atoms with E-state index in [0.717, 1.165) is 59.1 Å². The predicted molar refractivity (Wildman–Crippen MR) is 147 cm³/mol. The highest BCUT2D eigenvalue weighted by molar-refractivity contribution is 5.51. The van der Waals surface area contributed by atoms with Crippen LogP contribution in [0.15, 0.2) is 72.8 Å². The molecule has 1 aliphatic rings. The van der Waals surface area contributed by atoms with Crippen molar-refractivity contribution in [2.24, 2.45) is 0 Å². The molecule has 1 aliphatic carbocycles. The number of phenolic OH excluding ortho intramolecular Hbond substituents is 4. The van der Waals surface area contributed by atoms with Crippen molar-refractivity contribution in [3.8, 4) is 23.0 Å². The van der Waals surface area contributed by atoms with Gasteiger partial charge in [-0.3, -0.25) is 0 Å². The summed E-state index contributed by atoms with van der Waals surface area (Å²) in [6.07, 6.45) is 5.45. The summed E-state index contributed by atoms with van der Waals surface area (Å²) in [6.45, 7) is 3.95. The van der Waals surface area contributed by atoms with Crippen molar-refractivity contribution >= 4 is 0 Å². The van der Waals surface area contributed by atoms with Crippen LogP contribution in [0.3, 0.4) is 0 Å². The van der Waals surface area contributed by atoms with Gasteiger partial charge in [0.1, 0.15) is 23.0 Å². The minimum Gasteiger partial charge on any atom is -0.508 e. The second-order valence-corrected chi connectivity index (χ2v) is 10.6. The van der Waals surface area contributed by atoms with Crippen LogP contribution in [0.5, 0.6) is 23.0 Å². The number of hydrogen-bond donors (Lipinski definition) is 4. The quantitative estimate of drug-likeness (QED) is 0.229. The van der Waals surface area contributed by atoms with Crippen LogP contribution in [-0.2, 0) is 18.3 Å². The maximum absolute atomic E-state index is 10.7. The Hall–Kier alpha value is -3.92. The van der Waals surface area contributed by atoms with Gasteiger partial charge in [0.15, 0.2) is 0 Å². The van der Waals surface area contributed by atoms with Crippen molar-refractivity contribution in [3.63, 3.8) is 0 Å². The third kappa shape index (κ3) is 4.89. The van der Waals surface area contributed by atoms with E-state index in [2.05, 4.69) is 12.1 Å². The average molecular weight is 495 g/mol. The molecule has 1 fully saturated rings. The number of phenols is 4. The van der Waals surface area contributed by atoms with Gasteiger partial charge in [-0.05, 0) is 108 Å². The van der Waals surface area contributed by atoms with E-state index in [1.807, 2.05) is 50.2 Å². The van der Waals surface area contributed by atoms with E-state index in [-0.39, 0.29) is 28.4 Å². The van der Waals surface area contributed by atoms with Crippen molar-refractivity contribution in [1.82, 2.24) is 0 Å². The molecule has 190 valence electrons. The Morgan fingerprint density at radius 1 is 0.541 bits per heavy atom. The number of aromatic hydroxyl groups is 4. The molecule has 5 rings (SSSR count). The molecule has 1 saturated carbocycles. The van der Waals surface area contributed by atoms with Crippen molar-refractivity contribution in [2.45, 2.75) is 57.8 Å². The highest BCUT2D eigenvalue weighted by Gasteiger charge is 2.38. The molecule has 0 radical (unpaired) electrons. The van der Waals surface area contributed by atoms with Crippen molar-refractivity contribution in [2.75, 3.05) is 0 Å². The number of rotatable bonds is 6. The summed E-state index contributed by atoms with van der Waals surface area (Å²) in [5.74, 6) is 1.04. The monoisotopic (exact) mass is 494 g/mol. The Labute approximate surface area is 218 Å². The van der Waals surface area contributed by atoms with Gasteiger partial charge in [-0.15, -0.1) is 0 Å². The van der Waals surface area contributed by atoms with Crippen LogP contribution in [-0.4, -0.2) is 20.4 Å². The molecule has 37 heavy (non-hydrogen) atoms. The fourth-order valence-electron chi connectivity index (χ4n) is 5.94. The first-order valence-electron chi connectivity index (χ1n) is 13.0. The molecule has 0 aromatic heterocycles. The molecule has 4 aromatic carbocycles. The van der Waals surface area contributed by atoms with Crippen LogP contribution in [0.1, 0.15) is 70.2 Å². The SMILES string of the molecule is Cc1cc(O)ccc1Cc1cc(C2(c3ccc(O)c(Cc4ccc(O)cc4C)c3)CCCC2)ccc1O. The summed E-state index contributed by atoms with van der Waals surface area (Å²) in [7, 11) is 0. The molecule has 4 N–H and O–H groups in total. The van der Waals surface area contributed by atoms with E-state index in [0.29, 0.717) is 12.8 Å². The lowest BCUT2D eigenvalue weighted by Gasteiger charge is -2.32. The highest BCUT2D eigenvalue weighted by Crippen LogP contribution is 2.48. The molecule has 0 spiro atoms. The third-order valence-electron chi connectivity index (χ3n) is 8.14. The lowest BCUT2D eigenvalue weighted by molar-refractivity contribution is 0.465. The summed E-state index contributed by atoms with van der Waals surface area (Å²) in [5.41, 5.74) is 8.06. The van der Waals surface area contributed by atoms with Gasteiger partial charge < -0.3 is 20.4 Å². The fraction of sp³-hybridized carbons (Fsp3) is 0.273. The van der Waals surface area contributed by atoms with Crippen molar-refractivity contribution in [3.05, 3.63) is 117 Å². The van der Waals surface area contributed by atoms with Gasteiger partial charge in [0.2, 0.25) is 0 Å². The summed E-state index contributed by atoms with van der Waals surface area (Å²) in [4.78, 5) is 0. The number of aryl methyl sites for hydroxylation is 2. The largest absolute Gasteiger partial charge is 0.508 e. The van der Waals surface area contributed by atoms with Crippen molar-refractivity contribution in [1.29, 1.82) is 0 Å². The summed E-state index contributed by atoms with van der Waals surface area (Å²) in [5, 5.41) is 41.0. The molecule has 0 aliphatic heterocycles. The lowest BCUT2D eigenvalue weighted by Crippen LogP contribution is -2.24. The van der Waals surface area contributed by atoms with Gasteiger partial charge in [0, 0.05) is 18.3 Å². The highest BCUT2D eigenvalue weighted by atomic mass is 16.3. The van der Waals surface area contributed by atoms with E-state index in [1.54, 1.807) is 24.3 Å². The number of benzene rings is 4. The molecule has 0 unspecified atom stereocenters. The van der Waals surface area contributed by atoms with E-state index >= 15 is 0 Å². The zero-order chi connectivity index (χ0) is 26.2. The summed E-state index contributed by atoms with van der Waals surface area (Å²) < 4.78 is 0. The van der Waals surface area contributed by atoms with E-state index in [4.69, 9.17) is 0 Å². The Kier molecular flexibility index (Phi) is 6.59. The Balaban J connectivity index is 1.53. The molecular weight excluding hydrogens is 460 g/mol. The first-order chi connectivity index (χ1) is 17.7. The minimum atomic E-state index is -0.182. The first-order valence-corrected chi connectivity index (χ1v) is 13.0.